The highest BCUT2D eigenvalue weighted by Crippen LogP contribution is 2.21. The summed E-state index contributed by atoms with van der Waals surface area (Å²) in [7, 11) is 0. The van der Waals surface area contributed by atoms with Crippen molar-refractivity contribution in [2.75, 3.05) is 26.2 Å². The molecular formula is C18H26BrClN2O. The zero-order valence-corrected chi connectivity index (χ0v) is 15.9. The first-order chi connectivity index (χ1) is 10.7. The van der Waals surface area contributed by atoms with E-state index in [0.29, 0.717) is 18.4 Å². The molecule has 23 heavy (non-hydrogen) atoms. The lowest BCUT2D eigenvalue weighted by Crippen LogP contribution is -2.49. The van der Waals surface area contributed by atoms with E-state index in [1.165, 1.54) is 38.8 Å². The van der Waals surface area contributed by atoms with E-state index in [9.17, 15) is 4.79 Å². The molecular weight excluding hydrogens is 376 g/mol. The highest BCUT2D eigenvalue weighted by Gasteiger charge is 2.28. The van der Waals surface area contributed by atoms with Gasteiger partial charge in [0.15, 0.2) is 0 Å². The van der Waals surface area contributed by atoms with Crippen molar-refractivity contribution >= 4 is 34.2 Å². The van der Waals surface area contributed by atoms with E-state index in [-0.39, 0.29) is 12.4 Å². The van der Waals surface area contributed by atoms with E-state index in [1.807, 2.05) is 24.3 Å². The molecule has 5 heteroatoms. The highest BCUT2D eigenvalue weighted by atomic mass is 79.9. The normalized spacial score (nSPS) is 22.0. The predicted molar refractivity (Wildman–Crippen MR) is 100 cm³/mol. The van der Waals surface area contributed by atoms with E-state index >= 15 is 0 Å². The number of hydrogen-bond acceptors (Lipinski definition) is 2. The van der Waals surface area contributed by atoms with Crippen molar-refractivity contribution in [1.29, 1.82) is 0 Å². The molecule has 0 N–H and O–H groups in total. The van der Waals surface area contributed by atoms with Gasteiger partial charge in [0.1, 0.15) is 0 Å². The summed E-state index contributed by atoms with van der Waals surface area (Å²) in [5.41, 5.74) is 1.11. The second-order valence-corrected chi connectivity index (χ2v) is 7.46. The zero-order chi connectivity index (χ0) is 15.4. The quantitative estimate of drug-likeness (QED) is 0.764. The van der Waals surface area contributed by atoms with Gasteiger partial charge in [0.25, 0.3) is 0 Å². The van der Waals surface area contributed by atoms with Crippen LogP contribution in [-0.2, 0) is 11.2 Å². The topological polar surface area (TPSA) is 23.6 Å². The van der Waals surface area contributed by atoms with Crippen molar-refractivity contribution in [1.82, 2.24) is 9.80 Å². The van der Waals surface area contributed by atoms with Crippen LogP contribution >= 0.6 is 28.3 Å². The lowest BCUT2D eigenvalue weighted by molar-refractivity contribution is -0.134. The second kappa shape index (κ2) is 9.05. The molecule has 0 aromatic heterocycles. The van der Waals surface area contributed by atoms with E-state index in [0.717, 1.165) is 29.5 Å². The summed E-state index contributed by atoms with van der Waals surface area (Å²) in [5.74, 6) is 0.297. The molecule has 2 fully saturated rings. The molecule has 0 spiro atoms. The Hall–Kier alpha value is -0.580. The first-order valence-electron chi connectivity index (χ1n) is 8.48. The maximum atomic E-state index is 12.7. The summed E-state index contributed by atoms with van der Waals surface area (Å²) in [6.07, 6.45) is 6.76. The molecule has 2 saturated heterocycles. The van der Waals surface area contributed by atoms with Crippen molar-refractivity contribution in [2.45, 2.75) is 44.6 Å². The van der Waals surface area contributed by atoms with Crippen LogP contribution in [0, 0.1) is 0 Å². The molecule has 0 saturated carbocycles. The molecule has 1 aromatic carbocycles. The van der Waals surface area contributed by atoms with Crippen LogP contribution in [0.25, 0.3) is 0 Å². The van der Waals surface area contributed by atoms with Gasteiger partial charge < -0.3 is 9.80 Å². The van der Waals surface area contributed by atoms with Crippen LogP contribution in [0.2, 0.25) is 0 Å². The van der Waals surface area contributed by atoms with Gasteiger partial charge in [0, 0.05) is 23.6 Å². The van der Waals surface area contributed by atoms with Gasteiger partial charge in [-0.05, 0) is 62.9 Å². The van der Waals surface area contributed by atoms with E-state index in [4.69, 9.17) is 0 Å². The number of amides is 1. The van der Waals surface area contributed by atoms with Crippen LogP contribution in [0.5, 0.6) is 0 Å². The standard InChI is InChI=1S/C18H25BrN2O.ClH/c19-16-8-6-15(7-9-16)13-18(22)21-12-2-1-5-17(21)14-20-10-3-4-11-20;/h6-9,17H,1-5,10-14H2;1H/t17-;/m0./s1. The summed E-state index contributed by atoms with van der Waals surface area (Å²) in [5, 5.41) is 0. The van der Waals surface area contributed by atoms with Gasteiger partial charge in [0.05, 0.1) is 6.42 Å². The van der Waals surface area contributed by atoms with Gasteiger partial charge in [-0.25, -0.2) is 0 Å². The van der Waals surface area contributed by atoms with Crippen molar-refractivity contribution in [3.05, 3.63) is 34.3 Å². The van der Waals surface area contributed by atoms with Crippen molar-refractivity contribution in [2.24, 2.45) is 0 Å². The Bertz CT molecular complexity index is 502. The summed E-state index contributed by atoms with van der Waals surface area (Å²) in [6, 6.07) is 8.54. The van der Waals surface area contributed by atoms with Gasteiger partial charge >= 0.3 is 0 Å². The number of likely N-dealkylation sites (tertiary alicyclic amines) is 2. The molecule has 1 atom stereocenters. The average molecular weight is 402 g/mol. The maximum absolute atomic E-state index is 12.7. The van der Waals surface area contributed by atoms with Crippen molar-refractivity contribution < 1.29 is 4.79 Å². The Morgan fingerprint density at radius 2 is 1.70 bits per heavy atom. The summed E-state index contributed by atoms with van der Waals surface area (Å²) in [4.78, 5) is 17.4. The van der Waals surface area contributed by atoms with Gasteiger partial charge in [0.2, 0.25) is 5.91 Å². The Morgan fingerprint density at radius 3 is 2.39 bits per heavy atom. The molecule has 128 valence electrons. The Balaban J connectivity index is 0.00000192. The molecule has 0 radical (unpaired) electrons. The minimum Gasteiger partial charge on any atom is -0.338 e. The monoisotopic (exact) mass is 400 g/mol. The lowest BCUT2D eigenvalue weighted by Gasteiger charge is -2.38. The molecule has 2 heterocycles. The molecule has 0 unspecified atom stereocenters. The molecule has 0 bridgehead atoms. The fraction of sp³-hybridized carbons (Fsp3) is 0.611. The zero-order valence-electron chi connectivity index (χ0n) is 13.5. The third kappa shape index (κ3) is 5.20. The van der Waals surface area contributed by atoms with Crippen LogP contribution in [0.1, 0.15) is 37.7 Å². The average Bonchev–Trinajstić information content (AvgIpc) is 3.03. The minimum atomic E-state index is 0. The Morgan fingerprint density at radius 1 is 1.04 bits per heavy atom. The largest absolute Gasteiger partial charge is 0.338 e. The SMILES string of the molecule is Cl.O=C(Cc1ccc(Br)cc1)N1CCCC[C@H]1CN1CCCC1. The first-order valence-corrected chi connectivity index (χ1v) is 9.28. The van der Waals surface area contributed by atoms with E-state index < -0.39 is 0 Å². The predicted octanol–water partition coefficient (Wildman–Crippen LogP) is 3.89. The Labute approximate surface area is 154 Å². The molecule has 3 nitrogen and oxygen atoms in total. The second-order valence-electron chi connectivity index (χ2n) is 6.55. The van der Waals surface area contributed by atoms with E-state index in [1.54, 1.807) is 0 Å². The van der Waals surface area contributed by atoms with E-state index in [2.05, 4.69) is 25.7 Å². The third-order valence-electron chi connectivity index (χ3n) is 4.88. The van der Waals surface area contributed by atoms with Crippen LogP contribution in [0.15, 0.2) is 28.7 Å². The van der Waals surface area contributed by atoms with Gasteiger partial charge in [-0.3, -0.25) is 4.79 Å². The molecule has 1 aromatic rings. The number of nitrogens with zero attached hydrogens (tertiary/aromatic N) is 2. The van der Waals surface area contributed by atoms with Crippen LogP contribution in [0.4, 0.5) is 0 Å². The molecule has 3 rings (SSSR count). The lowest BCUT2D eigenvalue weighted by atomic mass is 10.00. The summed E-state index contributed by atoms with van der Waals surface area (Å²) in [6.45, 7) is 4.44. The number of halogens is 2. The highest BCUT2D eigenvalue weighted by molar-refractivity contribution is 9.10. The fourth-order valence-corrected chi connectivity index (χ4v) is 3.92. The van der Waals surface area contributed by atoms with Gasteiger partial charge in [-0.15, -0.1) is 12.4 Å². The molecule has 2 aliphatic heterocycles. The molecule has 0 aliphatic carbocycles. The third-order valence-corrected chi connectivity index (χ3v) is 5.41. The van der Waals surface area contributed by atoms with Gasteiger partial charge in [-0.1, -0.05) is 28.1 Å². The summed E-state index contributed by atoms with van der Waals surface area (Å²) < 4.78 is 1.06. The van der Waals surface area contributed by atoms with Gasteiger partial charge in [-0.2, -0.15) is 0 Å². The number of piperidine rings is 1. The number of rotatable bonds is 4. The summed E-state index contributed by atoms with van der Waals surface area (Å²) >= 11 is 3.45. The number of benzene rings is 1. The molecule has 2 aliphatic rings. The minimum absolute atomic E-state index is 0. The van der Waals surface area contributed by atoms with Crippen molar-refractivity contribution in [3.8, 4) is 0 Å². The maximum Gasteiger partial charge on any atom is 0.227 e. The first kappa shape index (κ1) is 18.8. The number of carbonyl (C=O) groups excluding carboxylic acids is 1. The molecule has 1 amide bonds. The van der Waals surface area contributed by atoms with Crippen LogP contribution in [0.3, 0.4) is 0 Å². The smallest absolute Gasteiger partial charge is 0.227 e. The number of hydrogen-bond donors (Lipinski definition) is 0. The van der Waals surface area contributed by atoms with Crippen LogP contribution < -0.4 is 0 Å². The number of carbonyl (C=O) groups is 1. The fourth-order valence-electron chi connectivity index (χ4n) is 3.66. The van der Waals surface area contributed by atoms with Crippen LogP contribution in [-0.4, -0.2) is 47.9 Å². The van der Waals surface area contributed by atoms with Crippen molar-refractivity contribution in [3.63, 3.8) is 0 Å². The Kier molecular flexibility index (Phi) is 7.38.